The second-order valence-corrected chi connectivity index (χ2v) is 6.49. The summed E-state index contributed by atoms with van der Waals surface area (Å²) in [6, 6.07) is 1.70. The number of anilines is 1. The van der Waals surface area contributed by atoms with Gasteiger partial charge in [-0.3, -0.25) is 0 Å². The number of halogens is 2. The molecule has 0 fully saturated rings. The molecule has 3 aromatic rings. The third kappa shape index (κ3) is 2.07. The number of ether oxygens (including phenoxy) is 1. The average molecular weight is 349 g/mol. The summed E-state index contributed by atoms with van der Waals surface area (Å²) in [7, 11) is 1.96. The van der Waals surface area contributed by atoms with Crippen LogP contribution in [0.25, 0.3) is 22.3 Å². The first-order chi connectivity index (χ1) is 11.0. The van der Waals surface area contributed by atoms with Gasteiger partial charge in [0.2, 0.25) is 5.95 Å². The molecule has 1 aliphatic heterocycles. The molecule has 2 N–H and O–H groups in total. The molecule has 4 rings (SSSR count). The van der Waals surface area contributed by atoms with Gasteiger partial charge in [0, 0.05) is 30.8 Å². The molecule has 0 spiro atoms. The lowest BCUT2D eigenvalue weighted by Crippen LogP contribution is -2.01. The zero-order chi connectivity index (χ0) is 16.3. The van der Waals surface area contributed by atoms with Crippen LogP contribution in [0.1, 0.15) is 11.1 Å². The van der Waals surface area contributed by atoms with Gasteiger partial charge >= 0.3 is 0 Å². The van der Waals surface area contributed by atoms with Crippen molar-refractivity contribution >= 4 is 40.2 Å². The van der Waals surface area contributed by atoms with Gasteiger partial charge in [-0.15, -0.1) is 0 Å². The molecule has 0 unspecified atom stereocenters. The van der Waals surface area contributed by atoms with Crippen molar-refractivity contribution in [1.29, 1.82) is 0 Å². The monoisotopic (exact) mass is 348 g/mol. The van der Waals surface area contributed by atoms with Crippen LogP contribution in [-0.2, 0) is 13.5 Å². The van der Waals surface area contributed by atoms with Crippen LogP contribution in [-0.4, -0.2) is 21.1 Å². The molecule has 0 bridgehead atoms. The Balaban J connectivity index is 2.14. The molecule has 118 valence electrons. The molecule has 0 saturated carbocycles. The number of nitrogens with zero attached hydrogens (tertiary/aromatic N) is 3. The van der Waals surface area contributed by atoms with Gasteiger partial charge in [-0.1, -0.05) is 23.2 Å². The molecule has 0 aliphatic carbocycles. The molecule has 5 nitrogen and oxygen atoms in total. The summed E-state index contributed by atoms with van der Waals surface area (Å²) in [6.45, 7) is 2.58. The molecule has 0 amide bonds. The molecule has 3 heterocycles. The minimum atomic E-state index is 0.223. The Morgan fingerprint density at radius 3 is 2.83 bits per heavy atom. The minimum absolute atomic E-state index is 0.223. The van der Waals surface area contributed by atoms with Crippen LogP contribution in [0.3, 0.4) is 0 Å². The predicted octanol–water partition coefficient (Wildman–Crippen LogP) is 3.77. The highest BCUT2D eigenvalue weighted by molar-refractivity contribution is 6.37. The van der Waals surface area contributed by atoms with Crippen molar-refractivity contribution in [1.82, 2.24) is 14.5 Å². The number of hydrogen-bond donors (Lipinski definition) is 1. The SMILES string of the molecule is Cc1cn(C)c2c(-c3c(Cl)cc(Cl)c4c3CCO4)nc(N)nc12. The Bertz CT molecular complexity index is 965. The van der Waals surface area contributed by atoms with Crippen molar-refractivity contribution in [3.8, 4) is 17.0 Å². The van der Waals surface area contributed by atoms with Gasteiger partial charge in [-0.2, -0.15) is 0 Å². The number of aryl methyl sites for hydroxylation is 2. The van der Waals surface area contributed by atoms with Crippen molar-refractivity contribution in [3.05, 3.63) is 33.4 Å². The molecule has 0 radical (unpaired) electrons. The normalized spacial score (nSPS) is 13.4. The molecular weight excluding hydrogens is 335 g/mol. The van der Waals surface area contributed by atoms with E-state index >= 15 is 0 Å². The van der Waals surface area contributed by atoms with E-state index in [0.29, 0.717) is 28.1 Å². The van der Waals surface area contributed by atoms with Gasteiger partial charge in [0.25, 0.3) is 0 Å². The molecule has 7 heteroatoms. The number of aromatic nitrogens is 3. The number of hydrogen-bond acceptors (Lipinski definition) is 4. The molecule has 23 heavy (non-hydrogen) atoms. The van der Waals surface area contributed by atoms with Crippen LogP contribution in [0.2, 0.25) is 10.0 Å². The second kappa shape index (κ2) is 5.01. The third-order valence-corrected chi connectivity index (χ3v) is 4.71. The zero-order valence-corrected chi connectivity index (χ0v) is 14.2. The summed E-state index contributed by atoms with van der Waals surface area (Å²) < 4.78 is 7.64. The lowest BCUT2D eigenvalue weighted by Gasteiger charge is -2.13. The van der Waals surface area contributed by atoms with E-state index in [-0.39, 0.29) is 5.95 Å². The Morgan fingerprint density at radius 2 is 2.04 bits per heavy atom. The highest BCUT2D eigenvalue weighted by atomic mass is 35.5. The van der Waals surface area contributed by atoms with Crippen LogP contribution in [0.5, 0.6) is 5.75 Å². The van der Waals surface area contributed by atoms with E-state index in [1.165, 1.54) is 0 Å². The quantitative estimate of drug-likeness (QED) is 0.726. The Kier molecular flexibility index (Phi) is 3.18. The number of rotatable bonds is 1. The summed E-state index contributed by atoms with van der Waals surface area (Å²) >= 11 is 12.8. The van der Waals surface area contributed by atoms with E-state index < -0.39 is 0 Å². The van der Waals surface area contributed by atoms with Crippen LogP contribution >= 0.6 is 23.2 Å². The topological polar surface area (TPSA) is 66.0 Å². The Labute approximate surface area is 143 Å². The summed E-state index contributed by atoms with van der Waals surface area (Å²) in [5, 5.41) is 1.06. The first kappa shape index (κ1) is 14.6. The van der Waals surface area contributed by atoms with Crippen LogP contribution in [0.15, 0.2) is 12.3 Å². The Morgan fingerprint density at radius 1 is 1.26 bits per heavy atom. The summed E-state index contributed by atoms with van der Waals surface area (Å²) in [5.74, 6) is 0.905. The third-order valence-electron chi connectivity index (χ3n) is 4.14. The second-order valence-electron chi connectivity index (χ2n) is 5.67. The van der Waals surface area contributed by atoms with Gasteiger partial charge in [-0.25, -0.2) is 9.97 Å². The smallest absolute Gasteiger partial charge is 0.221 e. The predicted molar refractivity (Wildman–Crippen MR) is 92.3 cm³/mol. The molecule has 0 atom stereocenters. The van der Waals surface area contributed by atoms with Crippen LogP contribution in [0.4, 0.5) is 5.95 Å². The maximum atomic E-state index is 6.51. The molecule has 0 saturated heterocycles. The van der Waals surface area contributed by atoms with Crippen LogP contribution < -0.4 is 10.5 Å². The maximum Gasteiger partial charge on any atom is 0.221 e. The summed E-state index contributed by atoms with van der Waals surface area (Å²) in [5.41, 5.74) is 11.2. The Hall–Kier alpha value is -1.98. The number of nitrogens with two attached hydrogens (primary N) is 1. The zero-order valence-electron chi connectivity index (χ0n) is 12.7. The molecular formula is C16H14Cl2N4O. The maximum absolute atomic E-state index is 6.51. The van der Waals surface area contributed by atoms with Crippen molar-refractivity contribution in [3.63, 3.8) is 0 Å². The molecule has 2 aromatic heterocycles. The number of nitrogen functional groups attached to an aromatic ring is 1. The van der Waals surface area contributed by atoms with Gasteiger partial charge < -0.3 is 15.0 Å². The van der Waals surface area contributed by atoms with E-state index in [9.17, 15) is 0 Å². The summed E-state index contributed by atoms with van der Waals surface area (Å²) in [6.07, 6.45) is 2.74. The van der Waals surface area contributed by atoms with E-state index in [1.807, 2.05) is 24.7 Å². The van der Waals surface area contributed by atoms with E-state index in [2.05, 4.69) is 9.97 Å². The van der Waals surface area contributed by atoms with E-state index in [4.69, 9.17) is 33.7 Å². The van der Waals surface area contributed by atoms with Gasteiger partial charge in [0.05, 0.1) is 27.7 Å². The van der Waals surface area contributed by atoms with Crippen molar-refractivity contribution in [2.24, 2.45) is 7.05 Å². The highest BCUT2D eigenvalue weighted by Gasteiger charge is 2.26. The lowest BCUT2D eigenvalue weighted by atomic mass is 10.0. The van der Waals surface area contributed by atoms with Gasteiger partial charge in [-0.05, 0) is 18.6 Å². The standard InChI is InChI=1S/C16H14Cl2N4O/c1-7-6-22(2)14-12(7)20-16(19)21-13(14)11-8-3-4-23-15(8)10(18)5-9(11)17/h5-6H,3-4H2,1-2H3,(H2,19,20,21). The van der Waals surface area contributed by atoms with Gasteiger partial charge in [0.15, 0.2) is 0 Å². The number of fused-ring (bicyclic) bond motifs is 2. The first-order valence-electron chi connectivity index (χ1n) is 7.20. The van der Waals surface area contributed by atoms with Crippen molar-refractivity contribution in [2.45, 2.75) is 13.3 Å². The fourth-order valence-corrected chi connectivity index (χ4v) is 3.87. The average Bonchev–Trinajstić information content (AvgIpc) is 3.05. The fourth-order valence-electron chi connectivity index (χ4n) is 3.23. The number of benzene rings is 1. The van der Waals surface area contributed by atoms with Crippen molar-refractivity contribution < 1.29 is 4.74 Å². The lowest BCUT2D eigenvalue weighted by molar-refractivity contribution is 0.357. The highest BCUT2D eigenvalue weighted by Crippen LogP contribution is 2.45. The van der Waals surface area contributed by atoms with Crippen molar-refractivity contribution in [2.75, 3.05) is 12.3 Å². The van der Waals surface area contributed by atoms with E-state index in [0.717, 1.165) is 34.1 Å². The molecule has 1 aromatic carbocycles. The summed E-state index contributed by atoms with van der Waals surface area (Å²) in [4.78, 5) is 8.84. The largest absolute Gasteiger partial charge is 0.491 e. The fraction of sp³-hybridized carbons (Fsp3) is 0.250. The van der Waals surface area contributed by atoms with Crippen LogP contribution in [0, 0.1) is 6.92 Å². The minimum Gasteiger partial charge on any atom is -0.491 e. The van der Waals surface area contributed by atoms with E-state index in [1.54, 1.807) is 6.07 Å². The molecule has 1 aliphatic rings. The van der Waals surface area contributed by atoms with Gasteiger partial charge in [0.1, 0.15) is 11.4 Å². The first-order valence-corrected chi connectivity index (χ1v) is 7.96.